The molecule has 116 valence electrons. The molecule has 0 bridgehead atoms. The van der Waals surface area contributed by atoms with Gasteiger partial charge in [-0.25, -0.2) is 4.79 Å². The van der Waals surface area contributed by atoms with Crippen LogP contribution in [0.1, 0.15) is 15.2 Å². The lowest BCUT2D eigenvalue weighted by Gasteiger charge is -2.18. The summed E-state index contributed by atoms with van der Waals surface area (Å²) < 4.78 is 0.853. The Labute approximate surface area is 140 Å². The van der Waals surface area contributed by atoms with E-state index in [0.29, 0.717) is 11.3 Å². The van der Waals surface area contributed by atoms with Crippen molar-refractivity contribution < 1.29 is 14.7 Å². The predicted octanol–water partition coefficient (Wildman–Crippen LogP) is 3.12. The summed E-state index contributed by atoms with van der Waals surface area (Å²) in [6.45, 7) is 0.155. The van der Waals surface area contributed by atoms with Gasteiger partial charge in [0.2, 0.25) is 0 Å². The molecule has 0 aliphatic carbocycles. The summed E-state index contributed by atoms with van der Waals surface area (Å²) in [5.41, 5.74) is 1.03. The largest absolute Gasteiger partial charge is 0.465 e. The van der Waals surface area contributed by atoms with E-state index in [9.17, 15) is 9.59 Å². The summed E-state index contributed by atoms with van der Waals surface area (Å²) in [6.07, 6.45) is -0.550. The first kappa shape index (κ1) is 16.5. The fourth-order valence-corrected chi connectivity index (χ4v) is 3.30. The molecule has 7 heteroatoms. The normalized spacial score (nSPS) is 11.7. The van der Waals surface area contributed by atoms with Crippen molar-refractivity contribution in [2.75, 3.05) is 6.54 Å². The van der Waals surface area contributed by atoms with Crippen LogP contribution in [-0.4, -0.2) is 29.7 Å². The number of benzene rings is 1. The topological polar surface area (TPSA) is 78.4 Å². The first-order valence-electron chi connectivity index (χ1n) is 6.60. The van der Waals surface area contributed by atoms with Crippen LogP contribution in [0.2, 0.25) is 0 Å². The number of thiophene rings is 1. The summed E-state index contributed by atoms with van der Waals surface area (Å²) >= 11 is 4.65. The molecule has 2 amide bonds. The van der Waals surface area contributed by atoms with Gasteiger partial charge >= 0.3 is 6.09 Å². The highest BCUT2D eigenvalue weighted by molar-refractivity contribution is 9.10. The van der Waals surface area contributed by atoms with Crippen molar-refractivity contribution in [3.8, 4) is 0 Å². The monoisotopic (exact) mass is 382 g/mol. The third kappa shape index (κ3) is 5.16. The van der Waals surface area contributed by atoms with Gasteiger partial charge in [0.05, 0.1) is 10.9 Å². The van der Waals surface area contributed by atoms with E-state index in [1.165, 1.54) is 11.3 Å². The second kappa shape index (κ2) is 7.95. The van der Waals surface area contributed by atoms with E-state index in [2.05, 4.69) is 26.6 Å². The molecule has 1 atom stereocenters. The van der Waals surface area contributed by atoms with Crippen LogP contribution in [0.3, 0.4) is 0 Å². The van der Waals surface area contributed by atoms with Gasteiger partial charge in [-0.3, -0.25) is 4.79 Å². The number of halogens is 1. The maximum atomic E-state index is 12.2. The van der Waals surface area contributed by atoms with E-state index in [-0.39, 0.29) is 18.5 Å². The molecule has 0 unspecified atom stereocenters. The molecule has 3 N–H and O–H groups in total. The summed E-state index contributed by atoms with van der Waals surface area (Å²) in [5.74, 6) is -0.205. The number of amides is 2. The molecule has 0 radical (unpaired) electrons. The molecule has 2 aromatic rings. The van der Waals surface area contributed by atoms with Crippen LogP contribution in [0.5, 0.6) is 0 Å². The van der Waals surface area contributed by atoms with Crippen molar-refractivity contribution >= 4 is 39.3 Å². The third-order valence-electron chi connectivity index (χ3n) is 2.95. The first-order valence-corrected chi connectivity index (χ1v) is 8.27. The molecule has 5 nitrogen and oxygen atoms in total. The Bertz CT molecular complexity index is 645. The Balaban J connectivity index is 2.03. The Morgan fingerprint density at radius 2 is 2.00 bits per heavy atom. The van der Waals surface area contributed by atoms with Gasteiger partial charge in [-0.1, -0.05) is 30.3 Å². The second-order valence-electron chi connectivity index (χ2n) is 4.68. The molecular formula is C15H15BrN2O3S. The van der Waals surface area contributed by atoms with E-state index in [1.54, 1.807) is 6.07 Å². The minimum atomic E-state index is -1.11. The lowest BCUT2D eigenvalue weighted by molar-refractivity contribution is 0.0939. The van der Waals surface area contributed by atoms with E-state index >= 15 is 0 Å². The van der Waals surface area contributed by atoms with Crippen LogP contribution in [0.15, 0.2) is 46.3 Å². The summed E-state index contributed by atoms with van der Waals surface area (Å²) in [7, 11) is 0. The van der Waals surface area contributed by atoms with Crippen molar-refractivity contribution in [2.24, 2.45) is 0 Å². The van der Waals surface area contributed by atoms with Crippen molar-refractivity contribution in [1.29, 1.82) is 0 Å². The Morgan fingerprint density at radius 1 is 1.27 bits per heavy atom. The predicted molar refractivity (Wildman–Crippen MR) is 89.4 cm³/mol. The molecule has 0 fully saturated rings. The highest BCUT2D eigenvalue weighted by Gasteiger charge is 2.16. The van der Waals surface area contributed by atoms with E-state index in [0.717, 1.165) is 10.0 Å². The highest BCUT2D eigenvalue weighted by Crippen LogP contribution is 2.19. The molecule has 0 saturated heterocycles. The number of rotatable bonds is 6. The third-order valence-corrected chi connectivity index (χ3v) is 4.64. The lowest BCUT2D eigenvalue weighted by atomic mass is 10.1. The quantitative estimate of drug-likeness (QED) is 0.717. The van der Waals surface area contributed by atoms with Gasteiger partial charge in [0.1, 0.15) is 0 Å². The average molecular weight is 383 g/mol. The van der Waals surface area contributed by atoms with Crippen LogP contribution < -0.4 is 10.6 Å². The van der Waals surface area contributed by atoms with Crippen LogP contribution in [-0.2, 0) is 6.42 Å². The summed E-state index contributed by atoms with van der Waals surface area (Å²) in [5, 5.41) is 15.8. The molecule has 1 heterocycles. The summed E-state index contributed by atoms with van der Waals surface area (Å²) in [4.78, 5) is 23.5. The molecule has 22 heavy (non-hydrogen) atoms. The Kier molecular flexibility index (Phi) is 5.97. The zero-order valence-corrected chi connectivity index (χ0v) is 14.0. The van der Waals surface area contributed by atoms with Crippen molar-refractivity contribution in [3.63, 3.8) is 0 Å². The zero-order valence-electron chi connectivity index (χ0n) is 11.6. The first-order chi connectivity index (χ1) is 10.5. The second-order valence-corrected chi connectivity index (χ2v) is 6.50. The van der Waals surface area contributed by atoms with E-state index in [1.807, 2.05) is 35.7 Å². The number of carboxylic acid groups (broad SMARTS) is 1. The molecule has 0 saturated carbocycles. The van der Waals surface area contributed by atoms with Crippen LogP contribution in [0.4, 0.5) is 4.79 Å². The molecule has 0 aliphatic rings. The van der Waals surface area contributed by atoms with Gasteiger partial charge in [-0.05, 0) is 34.0 Å². The average Bonchev–Trinajstić information content (AvgIpc) is 2.92. The van der Waals surface area contributed by atoms with E-state index < -0.39 is 6.09 Å². The standard InChI is InChI=1S/C15H15BrN2O3S/c16-11-7-13(22-9-11)14(19)18-12(8-17-15(20)21)6-10-4-2-1-3-5-10/h1-5,7,9,12,17H,6,8H2,(H,18,19)(H,20,21)/t12-/m1/s1. The Hall–Kier alpha value is -1.86. The van der Waals surface area contributed by atoms with Crippen molar-refractivity contribution in [2.45, 2.75) is 12.5 Å². The molecule has 1 aromatic carbocycles. The number of hydrogen-bond donors (Lipinski definition) is 3. The molecule has 2 rings (SSSR count). The minimum absolute atomic E-state index is 0.155. The summed E-state index contributed by atoms with van der Waals surface area (Å²) in [6, 6.07) is 11.1. The zero-order chi connectivity index (χ0) is 15.9. The smallest absolute Gasteiger partial charge is 0.404 e. The van der Waals surface area contributed by atoms with Gasteiger partial charge in [0.15, 0.2) is 0 Å². The SMILES string of the molecule is O=C(O)NC[C@@H](Cc1ccccc1)NC(=O)c1cc(Br)cs1. The van der Waals surface area contributed by atoms with Crippen LogP contribution >= 0.6 is 27.3 Å². The van der Waals surface area contributed by atoms with Crippen molar-refractivity contribution in [1.82, 2.24) is 10.6 Å². The molecule has 1 aromatic heterocycles. The number of hydrogen-bond acceptors (Lipinski definition) is 3. The van der Waals surface area contributed by atoms with Gasteiger partial charge in [-0.15, -0.1) is 11.3 Å². The van der Waals surface area contributed by atoms with Crippen LogP contribution in [0, 0.1) is 0 Å². The number of carbonyl (C=O) groups excluding carboxylic acids is 1. The van der Waals surface area contributed by atoms with Crippen molar-refractivity contribution in [3.05, 3.63) is 56.7 Å². The Morgan fingerprint density at radius 3 is 2.59 bits per heavy atom. The fraction of sp³-hybridized carbons (Fsp3) is 0.200. The molecule has 0 spiro atoms. The minimum Gasteiger partial charge on any atom is -0.465 e. The number of carbonyl (C=O) groups is 2. The van der Waals surface area contributed by atoms with Gasteiger partial charge in [-0.2, -0.15) is 0 Å². The van der Waals surface area contributed by atoms with Gasteiger partial charge in [0, 0.05) is 16.4 Å². The molecular weight excluding hydrogens is 368 g/mol. The fourth-order valence-electron chi connectivity index (χ4n) is 1.97. The molecule has 0 aliphatic heterocycles. The maximum absolute atomic E-state index is 12.2. The van der Waals surface area contributed by atoms with Gasteiger partial charge < -0.3 is 15.7 Å². The highest BCUT2D eigenvalue weighted by atomic mass is 79.9. The van der Waals surface area contributed by atoms with Crippen LogP contribution in [0.25, 0.3) is 0 Å². The van der Waals surface area contributed by atoms with Gasteiger partial charge in [0.25, 0.3) is 5.91 Å². The van der Waals surface area contributed by atoms with E-state index in [4.69, 9.17) is 5.11 Å². The number of nitrogens with one attached hydrogen (secondary N) is 2. The maximum Gasteiger partial charge on any atom is 0.404 e. The lowest BCUT2D eigenvalue weighted by Crippen LogP contribution is -2.44.